The van der Waals surface area contributed by atoms with Crippen LogP contribution in [0.2, 0.25) is 0 Å². The topological polar surface area (TPSA) is 78.6 Å². The van der Waals surface area contributed by atoms with Gasteiger partial charge in [0, 0.05) is 25.2 Å². The predicted octanol–water partition coefficient (Wildman–Crippen LogP) is 1.57. The first-order valence-corrected chi connectivity index (χ1v) is 7.30. The Morgan fingerprint density at radius 3 is 2.48 bits per heavy atom. The molecule has 21 heavy (non-hydrogen) atoms. The SMILES string of the molecule is CN(CCCC(=O)Nc1ccc(CN)cc1)CC(C)(C)O. The van der Waals surface area contributed by atoms with E-state index in [1.165, 1.54) is 0 Å². The van der Waals surface area contributed by atoms with E-state index >= 15 is 0 Å². The maximum Gasteiger partial charge on any atom is 0.224 e. The summed E-state index contributed by atoms with van der Waals surface area (Å²) < 4.78 is 0. The van der Waals surface area contributed by atoms with Gasteiger partial charge in [-0.15, -0.1) is 0 Å². The summed E-state index contributed by atoms with van der Waals surface area (Å²) in [6.45, 7) is 5.43. The average molecular weight is 293 g/mol. The molecule has 0 radical (unpaired) electrons. The van der Waals surface area contributed by atoms with Gasteiger partial charge in [0.15, 0.2) is 0 Å². The van der Waals surface area contributed by atoms with Crippen molar-refractivity contribution in [2.45, 2.75) is 38.8 Å². The van der Waals surface area contributed by atoms with E-state index in [1.54, 1.807) is 13.8 Å². The van der Waals surface area contributed by atoms with Crippen LogP contribution in [0.5, 0.6) is 0 Å². The van der Waals surface area contributed by atoms with Crippen LogP contribution in [0, 0.1) is 0 Å². The summed E-state index contributed by atoms with van der Waals surface area (Å²) in [6.07, 6.45) is 1.23. The lowest BCUT2D eigenvalue weighted by atomic mass is 10.1. The fourth-order valence-electron chi connectivity index (χ4n) is 2.20. The summed E-state index contributed by atoms with van der Waals surface area (Å²) >= 11 is 0. The van der Waals surface area contributed by atoms with Crippen molar-refractivity contribution in [2.75, 3.05) is 25.5 Å². The van der Waals surface area contributed by atoms with E-state index in [1.807, 2.05) is 36.2 Å². The van der Waals surface area contributed by atoms with Gasteiger partial charge in [0.2, 0.25) is 5.91 Å². The first kappa shape index (κ1) is 17.6. The van der Waals surface area contributed by atoms with Gasteiger partial charge in [0.05, 0.1) is 5.60 Å². The van der Waals surface area contributed by atoms with Gasteiger partial charge in [0.1, 0.15) is 0 Å². The van der Waals surface area contributed by atoms with E-state index in [-0.39, 0.29) is 5.91 Å². The van der Waals surface area contributed by atoms with Gasteiger partial charge in [0.25, 0.3) is 0 Å². The van der Waals surface area contributed by atoms with E-state index < -0.39 is 5.60 Å². The normalized spacial score (nSPS) is 11.7. The number of hydrogen-bond donors (Lipinski definition) is 3. The Balaban J connectivity index is 2.27. The van der Waals surface area contributed by atoms with E-state index in [0.29, 0.717) is 19.5 Å². The number of amides is 1. The molecule has 0 aromatic heterocycles. The number of nitrogens with one attached hydrogen (secondary N) is 1. The molecule has 0 bridgehead atoms. The number of anilines is 1. The molecule has 1 aromatic carbocycles. The molecule has 0 aliphatic rings. The summed E-state index contributed by atoms with van der Waals surface area (Å²) in [4.78, 5) is 13.9. The van der Waals surface area contributed by atoms with E-state index in [4.69, 9.17) is 5.73 Å². The molecule has 5 nitrogen and oxygen atoms in total. The van der Waals surface area contributed by atoms with Crippen molar-refractivity contribution in [3.8, 4) is 0 Å². The minimum atomic E-state index is -0.707. The van der Waals surface area contributed by atoms with Crippen molar-refractivity contribution in [1.82, 2.24) is 4.90 Å². The molecule has 1 amide bonds. The minimum absolute atomic E-state index is 0.00663. The zero-order valence-electron chi connectivity index (χ0n) is 13.2. The summed E-state index contributed by atoms with van der Waals surface area (Å²) in [6, 6.07) is 7.54. The molecule has 0 saturated heterocycles. The zero-order chi connectivity index (χ0) is 15.9. The fraction of sp³-hybridized carbons (Fsp3) is 0.562. The van der Waals surface area contributed by atoms with Crippen LogP contribution in [0.25, 0.3) is 0 Å². The Labute approximate surface area is 127 Å². The van der Waals surface area contributed by atoms with Gasteiger partial charge in [-0.05, 0) is 51.6 Å². The second-order valence-electron chi connectivity index (χ2n) is 6.10. The summed E-state index contributed by atoms with van der Waals surface area (Å²) in [5, 5.41) is 12.6. The average Bonchev–Trinajstić information content (AvgIpc) is 2.37. The van der Waals surface area contributed by atoms with Crippen LogP contribution in [0.4, 0.5) is 5.69 Å². The van der Waals surface area contributed by atoms with Gasteiger partial charge in [-0.1, -0.05) is 12.1 Å². The second-order valence-corrected chi connectivity index (χ2v) is 6.10. The number of rotatable bonds is 8. The van der Waals surface area contributed by atoms with E-state index in [2.05, 4.69) is 5.32 Å². The molecule has 0 heterocycles. The molecule has 0 saturated carbocycles. The van der Waals surface area contributed by atoms with Gasteiger partial charge >= 0.3 is 0 Å². The first-order valence-electron chi connectivity index (χ1n) is 7.30. The number of benzene rings is 1. The van der Waals surface area contributed by atoms with Gasteiger partial charge in [-0.2, -0.15) is 0 Å². The lowest BCUT2D eigenvalue weighted by Crippen LogP contribution is -2.36. The van der Waals surface area contributed by atoms with Crippen molar-refractivity contribution in [3.05, 3.63) is 29.8 Å². The van der Waals surface area contributed by atoms with Crippen LogP contribution in [-0.2, 0) is 11.3 Å². The first-order chi connectivity index (χ1) is 9.80. The minimum Gasteiger partial charge on any atom is -0.389 e. The molecule has 0 fully saturated rings. The Bertz CT molecular complexity index is 438. The molecule has 0 unspecified atom stereocenters. The van der Waals surface area contributed by atoms with Crippen molar-refractivity contribution in [2.24, 2.45) is 5.73 Å². The van der Waals surface area contributed by atoms with Crippen LogP contribution in [0.15, 0.2) is 24.3 Å². The number of nitrogens with zero attached hydrogens (tertiary/aromatic N) is 1. The lowest BCUT2D eigenvalue weighted by molar-refractivity contribution is -0.116. The monoisotopic (exact) mass is 293 g/mol. The third kappa shape index (κ3) is 7.80. The van der Waals surface area contributed by atoms with Gasteiger partial charge < -0.3 is 21.1 Å². The number of likely N-dealkylation sites (N-methyl/N-ethyl adjacent to an activating group) is 1. The largest absolute Gasteiger partial charge is 0.389 e. The maximum atomic E-state index is 11.8. The Kier molecular flexibility index (Phi) is 6.81. The summed E-state index contributed by atoms with van der Waals surface area (Å²) in [7, 11) is 1.95. The van der Waals surface area contributed by atoms with E-state index in [9.17, 15) is 9.90 Å². The molecular formula is C16H27N3O2. The number of carbonyl (C=O) groups excluding carboxylic acids is 1. The van der Waals surface area contributed by atoms with Crippen LogP contribution in [0.1, 0.15) is 32.3 Å². The smallest absolute Gasteiger partial charge is 0.224 e. The standard InChI is InChI=1S/C16H27N3O2/c1-16(2,21)12-19(3)10-4-5-15(20)18-14-8-6-13(11-17)7-9-14/h6-9,21H,4-5,10-12,17H2,1-3H3,(H,18,20). The molecular weight excluding hydrogens is 266 g/mol. The fourth-order valence-corrected chi connectivity index (χ4v) is 2.20. The maximum absolute atomic E-state index is 11.8. The summed E-state index contributed by atoms with van der Waals surface area (Å²) in [5.74, 6) is 0.00663. The van der Waals surface area contributed by atoms with Crippen LogP contribution < -0.4 is 11.1 Å². The number of nitrogens with two attached hydrogens (primary N) is 1. The predicted molar refractivity (Wildman–Crippen MR) is 86.0 cm³/mol. The quantitative estimate of drug-likeness (QED) is 0.680. The molecule has 5 heteroatoms. The number of hydrogen-bond acceptors (Lipinski definition) is 4. The second kappa shape index (κ2) is 8.12. The highest BCUT2D eigenvalue weighted by atomic mass is 16.3. The summed E-state index contributed by atoms with van der Waals surface area (Å²) in [5.41, 5.74) is 6.66. The van der Waals surface area contributed by atoms with E-state index in [0.717, 1.165) is 24.2 Å². The molecule has 1 rings (SSSR count). The Hall–Kier alpha value is -1.43. The zero-order valence-corrected chi connectivity index (χ0v) is 13.2. The Morgan fingerprint density at radius 2 is 1.95 bits per heavy atom. The molecule has 1 aromatic rings. The number of carbonyl (C=O) groups is 1. The highest BCUT2D eigenvalue weighted by Crippen LogP contribution is 2.10. The van der Waals surface area contributed by atoms with Crippen LogP contribution in [0.3, 0.4) is 0 Å². The van der Waals surface area contributed by atoms with Gasteiger partial charge in [-0.3, -0.25) is 4.79 Å². The van der Waals surface area contributed by atoms with Crippen molar-refractivity contribution < 1.29 is 9.90 Å². The molecule has 4 N–H and O–H groups in total. The van der Waals surface area contributed by atoms with Crippen molar-refractivity contribution in [3.63, 3.8) is 0 Å². The number of aliphatic hydroxyl groups is 1. The van der Waals surface area contributed by atoms with Crippen molar-refractivity contribution in [1.29, 1.82) is 0 Å². The van der Waals surface area contributed by atoms with Crippen LogP contribution >= 0.6 is 0 Å². The van der Waals surface area contributed by atoms with Crippen molar-refractivity contribution >= 4 is 11.6 Å². The molecule has 0 aliphatic heterocycles. The Morgan fingerprint density at radius 1 is 1.33 bits per heavy atom. The highest BCUT2D eigenvalue weighted by Gasteiger charge is 2.15. The third-order valence-electron chi connectivity index (χ3n) is 3.07. The third-order valence-corrected chi connectivity index (χ3v) is 3.07. The van der Waals surface area contributed by atoms with Crippen LogP contribution in [-0.4, -0.2) is 41.7 Å². The molecule has 0 aliphatic carbocycles. The van der Waals surface area contributed by atoms with Gasteiger partial charge in [-0.25, -0.2) is 0 Å². The molecule has 0 spiro atoms. The lowest BCUT2D eigenvalue weighted by Gasteiger charge is -2.25. The molecule has 118 valence electrons. The highest BCUT2D eigenvalue weighted by molar-refractivity contribution is 5.90. The molecule has 0 atom stereocenters.